The third kappa shape index (κ3) is 1.23. The lowest BCUT2D eigenvalue weighted by Gasteiger charge is -2.50. The van der Waals surface area contributed by atoms with Crippen molar-refractivity contribution >= 4 is 11.6 Å². The van der Waals surface area contributed by atoms with E-state index in [0.29, 0.717) is 29.3 Å². The predicted molar refractivity (Wildman–Crippen MR) is 74.9 cm³/mol. The molecule has 0 heterocycles. The molecule has 108 valence electrons. The molecule has 2 heteroatoms. The zero-order valence-electron chi connectivity index (χ0n) is 12.3. The number of hydrogen-bond acceptors (Lipinski definition) is 2. The molecule has 0 spiro atoms. The second-order valence-electron chi connectivity index (χ2n) is 8.52. The summed E-state index contributed by atoms with van der Waals surface area (Å²) in [6.07, 6.45) is 7.64. The van der Waals surface area contributed by atoms with Crippen molar-refractivity contribution in [2.24, 2.45) is 46.8 Å². The summed E-state index contributed by atoms with van der Waals surface area (Å²) in [6, 6.07) is 0. The summed E-state index contributed by atoms with van der Waals surface area (Å²) in [5.74, 6) is 6.13. The average molecular weight is 272 g/mol. The summed E-state index contributed by atoms with van der Waals surface area (Å²) in [6.45, 7) is 2.25. The van der Waals surface area contributed by atoms with Gasteiger partial charge in [0.15, 0.2) is 0 Å². The molecule has 0 aromatic carbocycles. The number of ketones is 2. The standard InChI is InChI=1S/C18H24O2/c1-18-7-6-9-10-2-4-14(19)17-12(16(10)17)8-11(9)13(18)3-5-15(18)20/h9-13,16-17H,2-8H2,1H3/t9-,10-,11-,12+,13+,16-,17-,18+/m1/s1. The van der Waals surface area contributed by atoms with E-state index in [4.69, 9.17) is 0 Å². The Balaban J connectivity index is 1.51. The van der Waals surface area contributed by atoms with Gasteiger partial charge in [0.2, 0.25) is 0 Å². The van der Waals surface area contributed by atoms with Gasteiger partial charge in [0.05, 0.1) is 0 Å². The maximum atomic E-state index is 12.3. The number of carbonyl (C=O) groups is 2. The summed E-state index contributed by atoms with van der Waals surface area (Å²) in [4.78, 5) is 24.4. The van der Waals surface area contributed by atoms with Crippen LogP contribution >= 0.6 is 0 Å². The van der Waals surface area contributed by atoms with E-state index >= 15 is 0 Å². The molecule has 0 aromatic rings. The van der Waals surface area contributed by atoms with Crippen LogP contribution in [-0.4, -0.2) is 11.6 Å². The van der Waals surface area contributed by atoms with E-state index in [0.717, 1.165) is 55.8 Å². The van der Waals surface area contributed by atoms with Gasteiger partial charge in [0.25, 0.3) is 0 Å². The molecule has 0 radical (unpaired) electrons. The highest BCUT2D eigenvalue weighted by Crippen LogP contribution is 2.70. The molecule has 0 N–H and O–H groups in total. The summed E-state index contributed by atoms with van der Waals surface area (Å²) >= 11 is 0. The minimum absolute atomic E-state index is 0.000995. The highest BCUT2D eigenvalue weighted by atomic mass is 16.1. The fraction of sp³-hybridized carbons (Fsp3) is 0.889. The number of hydrogen-bond donors (Lipinski definition) is 0. The van der Waals surface area contributed by atoms with E-state index in [1.807, 2.05) is 0 Å². The monoisotopic (exact) mass is 272 g/mol. The van der Waals surface area contributed by atoms with Gasteiger partial charge >= 0.3 is 0 Å². The smallest absolute Gasteiger partial charge is 0.139 e. The molecular weight excluding hydrogens is 248 g/mol. The van der Waals surface area contributed by atoms with Crippen molar-refractivity contribution in [1.82, 2.24) is 0 Å². The number of rotatable bonds is 0. The van der Waals surface area contributed by atoms with Crippen LogP contribution in [0.15, 0.2) is 0 Å². The van der Waals surface area contributed by atoms with E-state index in [1.54, 1.807) is 0 Å². The lowest BCUT2D eigenvalue weighted by Crippen LogP contribution is -2.46. The first-order valence-electron chi connectivity index (χ1n) is 8.67. The number of carbonyl (C=O) groups excluding carboxylic acids is 2. The van der Waals surface area contributed by atoms with Crippen molar-refractivity contribution in [2.75, 3.05) is 0 Å². The normalized spacial score (nSPS) is 59.8. The lowest BCUT2D eigenvalue weighted by atomic mass is 9.53. The quantitative estimate of drug-likeness (QED) is 0.678. The van der Waals surface area contributed by atoms with Crippen LogP contribution in [0.3, 0.4) is 0 Å². The Morgan fingerprint density at radius 1 is 0.950 bits per heavy atom. The van der Waals surface area contributed by atoms with Crippen LogP contribution in [0.25, 0.3) is 0 Å². The highest BCUT2D eigenvalue weighted by molar-refractivity contribution is 5.87. The van der Waals surface area contributed by atoms with Gasteiger partial charge in [-0.25, -0.2) is 0 Å². The zero-order valence-corrected chi connectivity index (χ0v) is 12.3. The van der Waals surface area contributed by atoms with Gasteiger partial charge in [-0.3, -0.25) is 9.59 Å². The van der Waals surface area contributed by atoms with E-state index in [2.05, 4.69) is 6.92 Å². The maximum absolute atomic E-state index is 12.3. The molecule has 20 heavy (non-hydrogen) atoms. The van der Waals surface area contributed by atoms with E-state index < -0.39 is 0 Å². The van der Waals surface area contributed by atoms with Crippen molar-refractivity contribution in [3.8, 4) is 0 Å². The fourth-order valence-electron chi connectivity index (χ4n) is 7.18. The number of fused-ring (bicyclic) bond motifs is 5. The third-order valence-electron chi connectivity index (χ3n) is 8.12. The SMILES string of the molecule is C[C@]12CC[C@@H]3[C@H]4CCC(=O)[C@H]5[C@@H](C[C@H]3[C@@H]1CCC2=O)[C@@H]45. The van der Waals surface area contributed by atoms with Gasteiger partial charge in [-0.05, 0) is 67.6 Å². The third-order valence-corrected chi connectivity index (χ3v) is 8.12. The minimum Gasteiger partial charge on any atom is -0.299 e. The van der Waals surface area contributed by atoms with Crippen LogP contribution in [0.5, 0.6) is 0 Å². The van der Waals surface area contributed by atoms with Gasteiger partial charge in [-0.1, -0.05) is 6.92 Å². The molecule has 0 aromatic heterocycles. The van der Waals surface area contributed by atoms with Crippen LogP contribution in [0.1, 0.15) is 51.9 Å². The summed E-state index contributed by atoms with van der Waals surface area (Å²) in [7, 11) is 0. The van der Waals surface area contributed by atoms with E-state index in [1.165, 1.54) is 12.8 Å². The van der Waals surface area contributed by atoms with Crippen molar-refractivity contribution in [1.29, 1.82) is 0 Å². The number of Topliss-reactive ketones (excluding diaryl/α,β-unsaturated/α-hetero) is 2. The van der Waals surface area contributed by atoms with Crippen molar-refractivity contribution < 1.29 is 9.59 Å². The van der Waals surface area contributed by atoms with Gasteiger partial charge in [0, 0.05) is 24.2 Å². The van der Waals surface area contributed by atoms with Crippen LogP contribution in [-0.2, 0) is 9.59 Å². The van der Waals surface area contributed by atoms with Crippen LogP contribution < -0.4 is 0 Å². The molecular formula is C18H24O2. The molecule has 0 unspecified atom stereocenters. The Morgan fingerprint density at radius 2 is 1.80 bits per heavy atom. The van der Waals surface area contributed by atoms with Gasteiger partial charge < -0.3 is 0 Å². The first-order chi connectivity index (χ1) is 9.61. The topological polar surface area (TPSA) is 34.1 Å². The maximum Gasteiger partial charge on any atom is 0.139 e. The molecule has 5 aliphatic carbocycles. The Hall–Kier alpha value is -0.660. The molecule has 0 amide bonds. The predicted octanol–water partition coefficient (Wildman–Crippen LogP) is 3.24. The fourth-order valence-corrected chi connectivity index (χ4v) is 7.18. The van der Waals surface area contributed by atoms with Crippen LogP contribution in [0.4, 0.5) is 0 Å². The first-order valence-corrected chi connectivity index (χ1v) is 8.67. The Labute approximate surface area is 120 Å². The Bertz CT molecular complexity index is 510. The largest absolute Gasteiger partial charge is 0.299 e. The molecule has 0 saturated heterocycles. The van der Waals surface area contributed by atoms with Crippen molar-refractivity contribution in [2.45, 2.75) is 51.9 Å². The molecule has 5 aliphatic rings. The summed E-state index contributed by atoms with van der Waals surface area (Å²) in [5, 5.41) is 0. The summed E-state index contributed by atoms with van der Waals surface area (Å²) < 4.78 is 0. The molecule has 2 nitrogen and oxygen atoms in total. The molecule has 5 fully saturated rings. The minimum atomic E-state index is 0.000995. The lowest BCUT2D eigenvalue weighted by molar-refractivity contribution is -0.131. The second-order valence-corrected chi connectivity index (χ2v) is 8.52. The Kier molecular flexibility index (Phi) is 2.13. The first kappa shape index (κ1) is 11.9. The van der Waals surface area contributed by atoms with Crippen LogP contribution in [0, 0.1) is 46.8 Å². The van der Waals surface area contributed by atoms with E-state index in [9.17, 15) is 9.59 Å². The Morgan fingerprint density at radius 3 is 2.65 bits per heavy atom. The molecule has 8 atom stereocenters. The molecule has 5 saturated carbocycles. The van der Waals surface area contributed by atoms with Gasteiger partial charge in [-0.2, -0.15) is 0 Å². The van der Waals surface area contributed by atoms with E-state index in [-0.39, 0.29) is 5.41 Å². The second kappa shape index (κ2) is 3.56. The van der Waals surface area contributed by atoms with Crippen molar-refractivity contribution in [3.63, 3.8) is 0 Å². The molecule has 0 bridgehead atoms. The van der Waals surface area contributed by atoms with Gasteiger partial charge in [0.1, 0.15) is 11.6 Å². The summed E-state index contributed by atoms with van der Waals surface area (Å²) in [5.41, 5.74) is 0.000995. The van der Waals surface area contributed by atoms with Gasteiger partial charge in [-0.15, -0.1) is 0 Å². The van der Waals surface area contributed by atoms with Crippen molar-refractivity contribution in [3.05, 3.63) is 0 Å². The molecule has 0 aliphatic heterocycles. The zero-order chi connectivity index (χ0) is 13.6. The highest BCUT2D eigenvalue weighted by Gasteiger charge is 2.68. The molecule has 5 rings (SSSR count). The van der Waals surface area contributed by atoms with Crippen LogP contribution in [0.2, 0.25) is 0 Å². The average Bonchev–Trinajstić information content (AvgIpc) is 3.08.